The van der Waals surface area contributed by atoms with Gasteiger partial charge in [-0.2, -0.15) is 0 Å². The van der Waals surface area contributed by atoms with Crippen LogP contribution in [0.1, 0.15) is 20.8 Å². The summed E-state index contributed by atoms with van der Waals surface area (Å²) in [4.78, 5) is 0. The molecule has 0 saturated carbocycles. The summed E-state index contributed by atoms with van der Waals surface area (Å²) in [6.07, 6.45) is -0.698. The van der Waals surface area contributed by atoms with E-state index in [0.29, 0.717) is 13.2 Å². The second kappa shape index (κ2) is 8.02. The number of rotatable bonds is 6. The Morgan fingerprint density at radius 3 is 1.96 bits per heavy atom. The van der Waals surface area contributed by atoms with Gasteiger partial charge in [0.15, 0.2) is 6.29 Å². The highest BCUT2D eigenvalue weighted by Crippen LogP contribution is 2.37. The smallest absolute Gasteiger partial charge is 0.261 e. The second-order valence-electron chi connectivity index (χ2n) is 7.68. The Bertz CT molecular complexity index is 645. The Morgan fingerprint density at radius 1 is 1.00 bits per heavy atom. The summed E-state index contributed by atoms with van der Waals surface area (Å²) in [5.74, 6) is 0. The van der Waals surface area contributed by atoms with Gasteiger partial charge >= 0.3 is 0 Å². The molecule has 1 saturated heterocycles. The van der Waals surface area contributed by atoms with Crippen molar-refractivity contribution in [3.8, 4) is 0 Å². The lowest BCUT2D eigenvalue weighted by Crippen LogP contribution is -2.67. The quantitative estimate of drug-likeness (QED) is 0.791. The Balaban J connectivity index is 1.98. The lowest BCUT2D eigenvalue weighted by atomic mass is 10.2. The van der Waals surface area contributed by atoms with Crippen molar-refractivity contribution in [2.75, 3.05) is 19.8 Å². The standard InChI is InChI=1S/C21H28O4Si/c1-21(2,3)26(18-10-6-4-7-11-18,19-12-8-5-9-13-19)24-16-17-15-23-20(14-22)25-17/h4-13,17,20,22H,14-16H2,1-3H3/t17-,20-/m0/s1. The molecule has 0 aromatic heterocycles. The van der Waals surface area contributed by atoms with Crippen molar-refractivity contribution in [3.63, 3.8) is 0 Å². The van der Waals surface area contributed by atoms with Crippen LogP contribution >= 0.6 is 0 Å². The zero-order chi connectivity index (χ0) is 18.6. The van der Waals surface area contributed by atoms with Crippen molar-refractivity contribution in [2.24, 2.45) is 0 Å². The molecule has 0 bridgehead atoms. The van der Waals surface area contributed by atoms with Crippen molar-refractivity contribution < 1.29 is 19.0 Å². The third kappa shape index (κ3) is 3.77. The highest BCUT2D eigenvalue weighted by atomic mass is 28.4. The molecular weight excluding hydrogens is 344 g/mol. The van der Waals surface area contributed by atoms with Crippen LogP contribution in [-0.2, 0) is 13.9 Å². The van der Waals surface area contributed by atoms with Crippen molar-refractivity contribution >= 4 is 18.7 Å². The summed E-state index contributed by atoms with van der Waals surface area (Å²) in [6.45, 7) is 7.52. The lowest BCUT2D eigenvalue weighted by Gasteiger charge is -2.43. The molecule has 5 heteroatoms. The van der Waals surface area contributed by atoms with E-state index in [0.717, 1.165) is 0 Å². The first-order chi connectivity index (χ1) is 12.5. The number of ether oxygens (including phenoxy) is 2. The van der Waals surface area contributed by atoms with Crippen LogP contribution in [0.4, 0.5) is 0 Å². The molecule has 4 nitrogen and oxygen atoms in total. The Labute approximate surface area is 156 Å². The van der Waals surface area contributed by atoms with Crippen LogP contribution in [0.15, 0.2) is 60.7 Å². The average Bonchev–Trinajstić information content (AvgIpc) is 3.11. The van der Waals surface area contributed by atoms with Crippen LogP contribution in [0.3, 0.4) is 0 Å². The number of aliphatic hydroxyl groups excluding tert-OH is 1. The minimum atomic E-state index is -2.55. The van der Waals surface area contributed by atoms with E-state index in [4.69, 9.17) is 13.9 Å². The summed E-state index contributed by atoms with van der Waals surface area (Å²) < 4.78 is 18.0. The maximum absolute atomic E-state index is 9.22. The maximum Gasteiger partial charge on any atom is 0.261 e. The molecular formula is C21H28O4Si. The molecule has 1 heterocycles. The minimum absolute atomic E-state index is 0.0639. The normalized spacial score (nSPS) is 21.1. The molecule has 2 atom stereocenters. The van der Waals surface area contributed by atoms with Gasteiger partial charge in [-0.25, -0.2) is 0 Å². The van der Waals surface area contributed by atoms with Gasteiger partial charge in [-0.15, -0.1) is 0 Å². The summed E-state index contributed by atoms with van der Waals surface area (Å²) >= 11 is 0. The molecule has 1 aliphatic heterocycles. The number of hydrogen-bond acceptors (Lipinski definition) is 4. The predicted octanol–water partition coefficient (Wildman–Crippen LogP) is 2.30. The molecule has 26 heavy (non-hydrogen) atoms. The molecule has 1 aliphatic rings. The van der Waals surface area contributed by atoms with Crippen LogP contribution in [-0.4, -0.2) is 45.6 Å². The van der Waals surface area contributed by atoms with Crippen molar-refractivity contribution in [2.45, 2.75) is 38.2 Å². The van der Waals surface area contributed by atoms with E-state index < -0.39 is 14.6 Å². The fourth-order valence-electron chi connectivity index (χ4n) is 3.67. The second-order valence-corrected chi connectivity index (χ2v) is 12.0. The lowest BCUT2D eigenvalue weighted by molar-refractivity contribution is -0.0920. The molecule has 0 amide bonds. The van der Waals surface area contributed by atoms with Gasteiger partial charge < -0.3 is 19.0 Å². The van der Waals surface area contributed by atoms with Gasteiger partial charge in [0.2, 0.25) is 0 Å². The first-order valence-electron chi connectivity index (χ1n) is 9.10. The summed E-state index contributed by atoms with van der Waals surface area (Å²) in [5, 5.41) is 11.6. The summed E-state index contributed by atoms with van der Waals surface area (Å²) in [7, 11) is -2.55. The van der Waals surface area contributed by atoms with Crippen LogP contribution in [0.5, 0.6) is 0 Å². The first kappa shape index (κ1) is 19.3. The van der Waals surface area contributed by atoms with E-state index in [-0.39, 0.29) is 17.7 Å². The largest absolute Gasteiger partial charge is 0.405 e. The molecule has 140 valence electrons. The van der Waals surface area contributed by atoms with Crippen LogP contribution in [0.25, 0.3) is 0 Å². The highest BCUT2D eigenvalue weighted by Gasteiger charge is 2.50. The van der Waals surface area contributed by atoms with E-state index in [1.54, 1.807) is 0 Å². The fraction of sp³-hybridized carbons (Fsp3) is 0.429. The van der Waals surface area contributed by atoms with Gasteiger partial charge in [0.1, 0.15) is 6.10 Å². The Morgan fingerprint density at radius 2 is 1.54 bits per heavy atom. The van der Waals surface area contributed by atoms with E-state index in [9.17, 15) is 5.11 Å². The van der Waals surface area contributed by atoms with Crippen molar-refractivity contribution in [3.05, 3.63) is 60.7 Å². The SMILES string of the molecule is CC(C)(C)[Si](OC[C@@H]1CO[C@H](CO)O1)(c1ccccc1)c1ccccc1. The monoisotopic (exact) mass is 372 g/mol. The van der Waals surface area contributed by atoms with Crippen LogP contribution in [0, 0.1) is 0 Å². The van der Waals surface area contributed by atoms with Crippen molar-refractivity contribution in [1.29, 1.82) is 0 Å². The fourth-order valence-corrected chi connectivity index (χ4v) is 8.26. The van der Waals surface area contributed by atoms with E-state index in [2.05, 4.69) is 69.3 Å². The molecule has 2 aromatic rings. The van der Waals surface area contributed by atoms with Crippen LogP contribution in [0.2, 0.25) is 5.04 Å². The number of aliphatic hydroxyl groups is 1. The zero-order valence-corrected chi connectivity index (χ0v) is 16.7. The van der Waals surface area contributed by atoms with E-state index >= 15 is 0 Å². The first-order valence-corrected chi connectivity index (χ1v) is 11.0. The molecule has 0 unspecified atom stereocenters. The maximum atomic E-state index is 9.22. The van der Waals surface area contributed by atoms with E-state index in [1.165, 1.54) is 10.4 Å². The highest BCUT2D eigenvalue weighted by molar-refractivity contribution is 6.99. The van der Waals surface area contributed by atoms with Gasteiger partial charge in [-0.05, 0) is 15.4 Å². The number of benzene rings is 2. The molecule has 0 radical (unpaired) electrons. The summed E-state index contributed by atoms with van der Waals surface area (Å²) in [6, 6.07) is 21.1. The van der Waals surface area contributed by atoms with Gasteiger partial charge in [0.25, 0.3) is 8.32 Å². The predicted molar refractivity (Wildman–Crippen MR) is 105 cm³/mol. The molecule has 2 aromatic carbocycles. The van der Waals surface area contributed by atoms with Crippen molar-refractivity contribution in [1.82, 2.24) is 0 Å². The summed E-state index contributed by atoms with van der Waals surface area (Å²) in [5.41, 5.74) is 0. The Kier molecular flexibility index (Phi) is 5.95. The minimum Gasteiger partial charge on any atom is -0.405 e. The van der Waals surface area contributed by atoms with Gasteiger partial charge in [-0.1, -0.05) is 81.4 Å². The Hall–Kier alpha value is -1.50. The average molecular weight is 373 g/mol. The van der Waals surface area contributed by atoms with E-state index in [1.807, 2.05) is 12.1 Å². The number of hydrogen-bond donors (Lipinski definition) is 1. The zero-order valence-electron chi connectivity index (χ0n) is 15.7. The van der Waals surface area contributed by atoms with Gasteiger partial charge in [0, 0.05) is 0 Å². The molecule has 3 rings (SSSR count). The molecule has 0 spiro atoms. The van der Waals surface area contributed by atoms with Crippen LogP contribution < -0.4 is 10.4 Å². The topological polar surface area (TPSA) is 47.9 Å². The third-order valence-corrected chi connectivity index (χ3v) is 9.87. The third-order valence-electron chi connectivity index (χ3n) is 4.86. The molecule has 1 N–H and O–H groups in total. The molecule has 0 aliphatic carbocycles. The van der Waals surface area contributed by atoms with Gasteiger partial charge in [0.05, 0.1) is 19.8 Å². The van der Waals surface area contributed by atoms with Gasteiger partial charge in [-0.3, -0.25) is 0 Å². The molecule has 1 fully saturated rings.